The van der Waals surface area contributed by atoms with Gasteiger partial charge in [0.2, 0.25) is 5.91 Å². The summed E-state index contributed by atoms with van der Waals surface area (Å²) < 4.78 is 1.89. The highest BCUT2D eigenvalue weighted by Gasteiger charge is 2.17. The fourth-order valence-corrected chi connectivity index (χ4v) is 2.52. The zero-order valence-corrected chi connectivity index (χ0v) is 12.6. The molecule has 106 valence electrons. The monoisotopic (exact) mass is 290 g/mol. The van der Waals surface area contributed by atoms with Crippen LogP contribution in [-0.4, -0.2) is 20.7 Å². The number of rotatable bonds is 4. The highest BCUT2D eigenvalue weighted by Crippen LogP contribution is 2.23. The molecule has 1 atom stereocenters. The zero-order valence-electron chi connectivity index (χ0n) is 11.8. The molecule has 0 spiro atoms. The molecule has 0 fully saturated rings. The average Bonchev–Trinajstić information content (AvgIpc) is 2.79. The molecule has 1 unspecified atom stereocenters. The molecular formula is C14H18N4OS. The van der Waals surface area contributed by atoms with Gasteiger partial charge in [-0.1, -0.05) is 17.8 Å². The molecule has 0 bridgehead atoms. The van der Waals surface area contributed by atoms with Crippen LogP contribution in [0.1, 0.15) is 12.5 Å². The molecule has 0 aliphatic rings. The Hall–Kier alpha value is -1.95. The summed E-state index contributed by atoms with van der Waals surface area (Å²) in [7, 11) is 1.90. The molecule has 1 aromatic heterocycles. The van der Waals surface area contributed by atoms with Crippen LogP contribution < -0.4 is 11.1 Å². The van der Waals surface area contributed by atoms with Gasteiger partial charge in [0.1, 0.15) is 0 Å². The summed E-state index contributed by atoms with van der Waals surface area (Å²) in [6.45, 7) is 3.79. The van der Waals surface area contributed by atoms with Crippen LogP contribution in [0.15, 0.2) is 35.7 Å². The van der Waals surface area contributed by atoms with E-state index < -0.39 is 0 Å². The van der Waals surface area contributed by atoms with Gasteiger partial charge in [-0.3, -0.25) is 4.79 Å². The van der Waals surface area contributed by atoms with Gasteiger partial charge in [0.05, 0.1) is 5.25 Å². The Balaban J connectivity index is 2.04. The molecule has 6 heteroatoms. The Morgan fingerprint density at radius 2 is 2.25 bits per heavy atom. The summed E-state index contributed by atoms with van der Waals surface area (Å²) in [4.78, 5) is 16.4. The fraction of sp³-hybridized carbons (Fsp3) is 0.286. The number of thioether (sulfide) groups is 1. The summed E-state index contributed by atoms with van der Waals surface area (Å²) in [6, 6.07) is 5.48. The minimum Gasteiger partial charge on any atom is -0.399 e. The molecule has 3 N–H and O–H groups in total. The SMILES string of the molecule is Cc1ccc(N)cc1NC(=O)C(C)Sc1nccn1C. The van der Waals surface area contributed by atoms with Crippen molar-refractivity contribution in [2.24, 2.45) is 7.05 Å². The van der Waals surface area contributed by atoms with Gasteiger partial charge in [-0.25, -0.2) is 4.98 Å². The summed E-state index contributed by atoms with van der Waals surface area (Å²) in [5.74, 6) is -0.0632. The Bertz CT molecular complexity index is 623. The number of carbonyl (C=O) groups excluding carboxylic acids is 1. The van der Waals surface area contributed by atoms with Gasteiger partial charge >= 0.3 is 0 Å². The van der Waals surface area contributed by atoms with E-state index in [9.17, 15) is 4.79 Å². The lowest BCUT2D eigenvalue weighted by Gasteiger charge is -2.13. The summed E-state index contributed by atoms with van der Waals surface area (Å²) >= 11 is 1.42. The maximum atomic E-state index is 12.2. The number of nitrogens with two attached hydrogens (primary N) is 1. The van der Waals surface area contributed by atoms with Crippen molar-refractivity contribution in [2.45, 2.75) is 24.3 Å². The normalized spacial score (nSPS) is 12.2. The standard InChI is InChI=1S/C14H18N4OS/c1-9-4-5-11(15)8-12(9)17-13(19)10(2)20-14-16-6-7-18(14)3/h4-8,10H,15H2,1-3H3,(H,17,19). The topological polar surface area (TPSA) is 72.9 Å². The number of anilines is 2. The number of hydrogen-bond acceptors (Lipinski definition) is 4. The third kappa shape index (κ3) is 3.33. The van der Waals surface area contributed by atoms with Crippen LogP contribution in [0.4, 0.5) is 11.4 Å². The average molecular weight is 290 g/mol. The Morgan fingerprint density at radius 1 is 1.50 bits per heavy atom. The largest absolute Gasteiger partial charge is 0.399 e. The predicted octanol–water partition coefficient (Wildman–Crippen LogP) is 2.43. The lowest BCUT2D eigenvalue weighted by atomic mass is 10.2. The van der Waals surface area contributed by atoms with E-state index in [1.807, 2.05) is 43.8 Å². The molecule has 1 heterocycles. The third-order valence-electron chi connectivity index (χ3n) is 2.95. The van der Waals surface area contributed by atoms with Gasteiger partial charge in [-0.05, 0) is 31.5 Å². The number of hydrogen-bond donors (Lipinski definition) is 2. The first-order valence-electron chi connectivity index (χ1n) is 6.28. The highest BCUT2D eigenvalue weighted by atomic mass is 32.2. The number of benzene rings is 1. The van der Waals surface area contributed by atoms with Crippen molar-refractivity contribution in [2.75, 3.05) is 11.1 Å². The molecule has 2 rings (SSSR count). The van der Waals surface area contributed by atoms with Crippen LogP contribution in [0.3, 0.4) is 0 Å². The molecule has 2 aromatic rings. The first-order valence-corrected chi connectivity index (χ1v) is 7.16. The molecule has 1 amide bonds. The smallest absolute Gasteiger partial charge is 0.237 e. The van der Waals surface area contributed by atoms with Crippen molar-refractivity contribution >= 4 is 29.0 Å². The number of nitrogens with zero attached hydrogens (tertiary/aromatic N) is 2. The van der Waals surface area contributed by atoms with E-state index in [-0.39, 0.29) is 11.2 Å². The minimum absolute atomic E-state index is 0.0632. The second-order valence-electron chi connectivity index (χ2n) is 4.64. The number of nitrogens with one attached hydrogen (secondary N) is 1. The number of amides is 1. The van der Waals surface area contributed by atoms with Gasteiger partial charge in [0.15, 0.2) is 5.16 Å². The van der Waals surface area contributed by atoms with Gasteiger partial charge in [0.25, 0.3) is 0 Å². The lowest BCUT2D eigenvalue weighted by Crippen LogP contribution is -2.23. The predicted molar refractivity (Wildman–Crippen MR) is 82.7 cm³/mol. The quantitative estimate of drug-likeness (QED) is 0.670. The number of aromatic nitrogens is 2. The number of aryl methyl sites for hydroxylation is 2. The zero-order chi connectivity index (χ0) is 14.7. The van der Waals surface area contributed by atoms with Crippen molar-refractivity contribution in [1.82, 2.24) is 9.55 Å². The van der Waals surface area contributed by atoms with Gasteiger partial charge in [-0.15, -0.1) is 0 Å². The Morgan fingerprint density at radius 3 is 2.90 bits per heavy atom. The first kappa shape index (κ1) is 14.5. The summed E-state index contributed by atoms with van der Waals surface area (Å²) in [5.41, 5.74) is 8.11. The van der Waals surface area contributed by atoms with Crippen molar-refractivity contribution in [1.29, 1.82) is 0 Å². The molecule has 0 saturated heterocycles. The Labute approximate surface area is 122 Å². The molecule has 0 aliphatic carbocycles. The van der Waals surface area contributed by atoms with Crippen LogP contribution in [0.25, 0.3) is 0 Å². The van der Waals surface area contributed by atoms with E-state index in [0.717, 1.165) is 16.4 Å². The summed E-state index contributed by atoms with van der Waals surface area (Å²) in [6.07, 6.45) is 3.57. The van der Waals surface area contributed by atoms with E-state index in [1.54, 1.807) is 12.3 Å². The van der Waals surface area contributed by atoms with E-state index in [0.29, 0.717) is 5.69 Å². The third-order valence-corrected chi connectivity index (χ3v) is 4.12. The molecule has 0 saturated carbocycles. The maximum absolute atomic E-state index is 12.2. The molecule has 0 radical (unpaired) electrons. The van der Waals surface area contributed by atoms with Gasteiger partial charge in [0, 0.05) is 30.8 Å². The van der Waals surface area contributed by atoms with Crippen LogP contribution in [0.2, 0.25) is 0 Å². The van der Waals surface area contributed by atoms with E-state index in [2.05, 4.69) is 10.3 Å². The molecule has 20 heavy (non-hydrogen) atoms. The van der Waals surface area contributed by atoms with Crippen molar-refractivity contribution in [3.63, 3.8) is 0 Å². The Kier molecular flexibility index (Phi) is 4.34. The van der Waals surface area contributed by atoms with Gasteiger partial charge < -0.3 is 15.6 Å². The van der Waals surface area contributed by atoms with Crippen LogP contribution in [0.5, 0.6) is 0 Å². The molecule has 0 aliphatic heterocycles. The van der Waals surface area contributed by atoms with Crippen molar-refractivity contribution in [3.05, 3.63) is 36.2 Å². The number of nitrogen functional groups attached to an aromatic ring is 1. The van der Waals surface area contributed by atoms with Crippen molar-refractivity contribution in [3.8, 4) is 0 Å². The van der Waals surface area contributed by atoms with Crippen LogP contribution >= 0.6 is 11.8 Å². The second kappa shape index (κ2) is 6.00. The van der Waals surface area contributed by atoms with E-state index in [4.69, 9.17) is 5.73 Å². The molecule has 5 nitrogen and oxygen atoms in total. The molecule has 1 aromatic carbocycles. The molecular weight excluding hydrogens is 272 g/mol. The minimum atomic E-state index is -0.239. The van der Waals surface area contributed by atoms with Crippen LogP contribution in [0, 0.1) is 6.92 Å². The second-order valence-corrected chi connectivity index (χ2v) is 5.95. The number of imidazole rings is 1. The van der Waals surface area contributed by atoms with E-state index >= 15 is 0 Å². The number of carbonyl (C=O) groups is 1. The van der Waals surface area contributed by atoms with Gasteiger partial charge in [-0.2, -0.15) is 0 Å². The van der Waals surface area contributed by atoms with Crippen molar-refractivity contribution < 1.29 is 4.79 Å². The lowest BCUT2D eigenvalue weighted by molar-refractivity contribution is -0.115. The fourth-order valence-electron chi connectivity index (χ4n) is 1.69. The maximum Gasteiger partial charge on any atom is 0.237 e. The van der Waals surface area contributed by atoms with E-state index in [1.165, 1.54) is 11.8 Å². The van der Waals surface area contributed by atoms with Crippen LogP contribution in [-0.2, 0) is 11.8 Å². The first-order chi connectivity index (χ1) is 9.47. The summed E-state index contributed by atoms with van der Waals surface area (Å²) in [5, 5.41) is 3.48. The highest BCUT2D eigenvalue weighted by molar-refractivity contribution is 8.00.